The van der Waals surface area contributed by atoms with Gasteiger partial charge in [0.05, 0.1) is 0 Å². The van der Waals surface area contributed by atoms with Crippen LogP contribution in [0.4, 0.5) is 0 Å². The highest BCUT2D eigenvalue weighted by Gasteiger charge is 2.36. The van der Waals surface area contributed by atoms with Crippen molar-refractivity contribution >= 4 is 57.8 Å². The molecule has 1 saturated carbocycles. The van der Waals surface area contributed by atoms with E-state index in [1.165, 1.54) is 32.1 Å². The molecule has 3 fully saturated rings. The van der Waals surface area contributed by atoms with Gasteiger partial charge in [-0.3, -0.25) is 47.9 Å². The monoisotopic (exact) mass is 1380 g/mol. The van der Waals surface area contributed by atoms with Crippen molar-refractivity contribution in [3.05, 3.63) is 142 Å². The van der Waals surface area contributed by atoms with E-state index in [0.29, 0.717) is 88.2 Å². The van der Waals surface area contributed by atoms with Gasteiger partial charge in [0.25, 0.3) is 0 Å². The summed E-state index contributed by atoms with van der Waals surface area (Å²) >= 11 is 0. The number of hydrogen-bond donors (Lipinski definition) is 0. The second-order valence-electron chi connectivity index (χ2n) is 29.3. The minimum Gasteiger partial charge on any atom is -0.309 e. The van der Waals surface area contributed by atoms with Gasteiger partial charge in [0.15, 0.2) is 46.3 Å². The van der Waals surface area contributed by atoms with Crippen LogP contribution in [0.15, 0.2) is 97.1 Å². The van der Waals surface area contributed by atoms with Gasteiger partial charge in [0, 0.05) is 118 Å². The van der Waals surface area contributed by atoms with Crippen LogP contribution in [0.2, 0.25) is 0 Å². The second kappa shape index (κ2) is 48.3. The molecule has 2 unspecified atom stereocenters. The molecule has 2 aliphatic heterocycles. The minimum absolute atomic E-state index is 0.000275. The van der Waals surface area contributed by atoms with Crippen LogP contribution in [0.1, 0.15) is 301 Å². The number of carbonyl (C=O) groups excluding carboxylic acids is 10. The molecule has 100 heavy (non-hydrogen) atoms. The summed E-state index contributed by atoms with van der Waals surface area (Å²) in [5, 5.41) is 0. The van der Waals surface area contributed by atoms with Gasteiger partial charge in [-0.1, -0.05) is 213 Å². The Labute approximate surface area is 603 Å². The molecule has 552 valence electrons. The lowest BCUT2D eigenvalue weighted by atomic mass is 9.72. The Morgan fingerprint density at radius 3 is 0.970 bits per heavy atom. The van der Waals surface area contributed by atoms with Crippen molar-refractivity contribution in [2.75, 3.05) is 79.5 Å². The lowest BCUT2D eigenvalue weighted by Crippen LogP contribution is -2.35. The van der Waals surface area contributed by atoms with Crippen LogP contribution >= 0.6 is 0 Å². The average molecular weight is 1380 g/mol. The van der Waals surface area contributed by atoms with E-state index in [1.807, 2.05) is 132 Å². The van der Waals surface area contributed by atoms with Gasteiger partial charge in [0.1, 0.15) is 11.6 Å². The van der Waals surface area contributed by atoms with Crippen molar-refractivity contribution in [3.63, 3.8) is 0 Å². The van der Waals surface area contributed by atoms with Crippen LogP contribution < -0.4 is 0 Å². The van der Waals surface area contributed by atoms with Crippen molar-refractivity contribution in [3.8, 4) is 0 Å². The number of likely N-dealkylation sites (tertiary alicyclic amines) is 2. The lowest BCUT2D eigenvalue weighted by molar-refractivity contribution is -0.136. The Balaban J connectivity index is 0.000000326. The first kappa shape index (κ1) is 87.6. The first-order valence-electron chi connectivity index (χ1n) is 38.2. The fourth-order valence-electron chi connectivity index (χ4n) is 13.0. The van der Waals surface area contributed by atoms with Crippen molar-refractivity contribution in [1.82, 2.24) is 19.6 Å². The molecule has 3 aliphatic rings. The van der Waals surface area contributed by atoms with E-state index in [4.69, 9.17) is 0 Å². The molecule has 14 nitrogen and oxygen atoms in total. The van der Waals surface area contributed by atoms with Crippen LogP contribution in [0.25, 0.3) is 0 Å². The fourth-order valence-corrected chi connectivity index (χ4v) is 13.0. The van der Waals surface area contributed by atoms with Gasteiger partial charge in [0.2, 0.25) is 0 Å². The Hall–Kier alpha value is -6.58. The molecular formula is C86H128N4O10. The van der Waals surface area contributed by atoms with Gasteiger partial charge in [-0.15, -0.1) is 0 Å². The third kappa shape index (κ3) is 30.9. The van der Waals surface area contributed by atoms with Crippen molar-refractivity contribution in [2.24, 2.45) is 41.4 Å². The van der Waals surface area contributed by atoms with Gasteiger partial charge in [-0.2, -0.15) is 0 Å². The molecule has 2 heterocycles. The number of Topliss-reactive ketones (excluding diaryl/α,β-unsaturated/α-hetero) is 10. The molecular weight excluding hydrogens is 1250 g/mol. The molecule has 0 spiro atoms. The molecule has 4 aromatic carbocycles. The van der Waals surface area contributed by atoms with E-state index in [9.17, 15) is 47.9 Å². The summed E-state index contributed by atoms with van der Waals surface area (Å²) in [5.74, 6) is 0.905. The molecule has 2 atom stereocenters. The van der Waals surface area contributed by atoms with Gasteiger partial charge in [-0.25, -0.2) is 0 Å². The van der Waals surface area contributed by atoms with E-state index < -0.39 is 0 Å². The summed E-state index contributed by atoms with van der Waals surface area (Å²) in [7, 11) is 3.97. The Kier molecular flexibility index (Phi) is 42.4. The summed E-state index contributed by atoms with van der Waals surface area (Å²) in [6.45, 7) is 35.8. The van der Waals surface area contributed by atoms with Crippen LogP contribution in [-0.2, 0) is 9.59 Å². The molecule has 14 heteroatoms. The van der Waals surface area contributed by atoms with E-state index >= 15 is 0 Å². The summed E-state index contributed by atoms with van der Waals surface area (Å²) in [6.07, 6.45) is 18.6. The summed E-state index contributed by atoms with van der Waals surface area (Å²) in [6, 6.07) is 28.7. The molecule has 0 bridgehead atoms. The third-order valence-electron chi connectivity index (χ3n) is 19.1. The topological polar surface area (TPSA) is 184 Å². The van der Waals surface area contributed by atoms with E-state index in [-0.39, 0.29) is 87.7 Å². The number of hydrogen-bond acceptors (Lipinski definition) is 14. The van der Waals surface area contributed by atoms with Crippen molar-refractivity contribution in [2.45, 2.75) is 218 Å². The molecule has 2 saturated heterocycles. The number of unbranched alkanes of at least 4 members (excludes halogenated alkanes) is 1. The number of rotatable bonds is 36. The molecule has 0 N–H and O–H groups in total. The van der Waals surface area contributed by atoms with Gasteiger partial charge < -0.3 is 19.6 Å². The molecule has 0 aromatic heterocycles. The molecule has 7 rings (SSSR count). The Morgan fingerprint density at radius 2 is 0.660 bits per heavy atom. The highest BCUT2D eigenvalue weighted by molar-refractivity contribution is 6.12. The maximum atomic E-state index is 12.5. The Bertz CT molecular complexity index is 3180. The Morgan fingerprint density at radius 1 is 0.360 bits per heavy atom. The zero-order valence-electron chi connectivity index (χ0n) is 64.4. The fraction of sp³-hybridized carbons (Fsp3) is 0.605. The summed E-state index contributed by atoms with van der Waals surface area (Å²) < 4.78 is 0. The minimum atomic E-state index is -0.0873. The smallest absolute Gasteiger partial charge is 0.166 e. The van der Waals surface area contributed by atoms with E-state index in [0.717, 1.165) is 130 Å². The second-order valence-corrected chi connectivity index (χ2v) is 29.3. The number of nitrogens with zero attached hydrogens (tertiary/aromatic N) is 4. The van der Waals surface area contributed by atoms with Crippen molar-refractivity contribution in [1.29, 1.82) is 0 Å². The zero-order valence-corrected chi connectivity index (χ0v) is 64.4. The van der Waals surface area contributed by atoms with Crippen LogP contribution in [-0.4, -0.2) is 157 Å². The third-order valence-corrected chi connectivity index (χ3v) is 19.1. The summed E-state index contributed by atoms with van der Waals surface area (Å²) in [5.41, 5.74) is 4.65. The molecule has 0 amide bonds. The maximum Gasteiger partial charge on any atom is 0.166 e. The average Bonchev–Trinajstić information content (AvgIpc) is 0.930. The van der Waals surface area contributed by atoms with Crippen LogP contribution in [0.3, 0.4) is 0 Å². The van der Waals surface area contributed by atoms with Gasteiger partial charge in [-0.05, 0) is 150 Å². The highest BCUT2D eigenvalue weighted by Crippen LogP contribution is 2.34. The van der Waals surface area contributed by atoms with Gasteiger partial charge >= 0.3 is 0 Å². The SMILES string of the molecule is CC(C)C(=O)c1ccccc1C(=O)CCCN(C)C.CC(C)C(=O)c1ccccc1C(=O)CCCN1CCCC1.CC(C)C(=O)c1ccccc1C(=O)CCCN1CCCCC1.CCCCC(=O)c1ccccc1C(=O)C(C)C.CCN(CC)CCCC(=O)C1CCCCC1C(=O)C(C)C. The predicted octanol–water partition coefficient (Wildman–Crippen LogP) is 18.2. The number of benzene rings is 4. The summed E-state index contributed by atoms with van der Waals surface area (Å²) in [4.78, 5) is 132. The molecule has 4 aromatic rings. The van der Waals surface area contributed by atoms with E-state index in [1.54, 1.807) is 48.5 Å². The largest absolute Gasteiger partial charge is 0.309 e. The number of ketones is 10. The predicted molar refractivity (Wildman–Crippen MR) is 409 cm³/mol. The lowest BCUT2D eigenvalue weighted by Gasteiger charge is -2.30. The maximum absolute atomic E-state index is 12.5. The molecule has 1 aliphatic carbocycles. The number of piperidine rings is 1. The molecule has 0 radical (unpaired) electrons. The van der Waals surface area contributed by atoms with Crippen LogP contribution in [0.5, 0.6) is 0 Å². The highest BCUT2D eigenvalue weighted by atomic mass is 16.2. The standard InChI is InChI=1S/C19H27NO2.C18H25NO2.C18H33NO2.C16H23NO2.C15H20O2/c1-15(2)19(22)17-10-5-4-9-16(17)18(21)11-8-14-20-12-6-3-7-13-20;1-14(2)18(21)16-9-4-3-8-15(16)17(20)10-7-13-19-11-5-6-12-19;1-5-19(6-2)13-9-12-17(20)15-10-7-8-11-16(15)18(21)14(3)4;1-12(2)16(19)14-9-6-5-8-13(14)15(18)10-7-11-17(3)4;1-4-5-10-14(16)12-8-6-7-9-13(12)15(17)11(2)3/h4-5,9-10,15H,3,6-8,11-14H2,1-2H3;3-4,8-9,14H,5-7,10-13H2,1-2H3;14-16H,5-13H2,1-4H3;5-6,8-9,12H,7,10-11H2,1-4H3;6-9,11H,4-5,10H2,1-3H3. The normalized spacial score (nSPS) is 15.5. The van der Waals surface area contributed by atoms with E-state index in [2.05, 4.69) is 40.4 Å². The van der Waals surface area contributed by atoms with Crippen molar-refractivity contribution < 1.29 is 47.9 Å². The zero-order chi connectivity index (χ0) is 74.3. The first-order chi connectivity index (χ1) is 47.7. The first-order valence-corrected chi connectivity index (χ1v) is 38.2. The number of carbonyl (C=O) groups is 10. The van der Waals surface area contributed by atoms with Crippen LogP contribution in [0, 0.1) is 41.4 Å². The quantitative estimate of drug-likeness (QED) is 0.0392.